The van der Waals surface area contributed by atoms with E-state index in [9.17, 15) is 22.8 Å². The Hall–Kier alpha value is -2.48. The maximum absolute atomic E-state index is 13.2. The molecule has 4 nitrogen and oxygen atoms in total. The van der Waals surface area contributed by atoms with Crippen molar-refractivity contribution >= 4 is 35.0 Å². The minimum atomic E-state index is -4.55. The largest absolute Gasteiger partial charge is 0.418 e. The zero-order valence-corrected chi connectivity index (χ0v) is 17.7. The van der Waals surface area contributed by atoms with Crippen LogP contribution in [0.3, 0.4) is 0 Å². The van der Waals surface area contributed by atoms with Gasteiger partial charge >= 0.3 is 6.18 Å². The Kier molecular flexibility index (Phi) is 8.77. The van der Waals surface area contributed by atoms with Crippen LogP contribution in [-0.2, 0) is 15.8 Å². The summed E-state index contributed by atoms with van der Waals surface area (Å²) in [6, 6.07) is 12.0. The Morgan fingerprint density at radius 1 is 1.03 bits per heavy atom. The van der Waals surface area contributed by atoms with Gasteiger partial charge in [0.2, 0.25) is 11.8 Å². The SMILES string of the molecule is CCCCC(=O)Nc1cccc(SC(CC)C(=O)Nc2ccccc2C(F)(F)F)c1. The van der Waals surface area contributed by atoms with E-state index >= 15 is 0 Å². The molecular formula is C22H25F3N2O2S. The quantitative estimate of drug-likeness (QED) is 0.449. The average Bonchev–Trinajstić information content (AvgIpc) is 2.70. The summed E-state index contributed by atoms with van der Waals surface area (Å²) in [5.74, 6) is -0.580. The van der Waals surface area contributed by atoms with Gasteiger partial charge < -0.3 is 10.6 Å². The van der Waals surface area contributed by atoms with Crippen LogP contribution in [0.2, 0.25) is 0 Å². The average molecular weight is 439 g/mol. The summed E-state index contributed by atoms with van der Waals surface area (Å²) in [5, 5.41) is 4.65. The molecule has 0 saturated heterocycles. The Morgan fingerprint density at radius 2 is 1.77 bits per heavy atom. The van der Waals surface area contributed by atoms with Gasteiger partial charge in [-0.2, -0.15) is 13.2 Å². The fourth-order valence-corrected chi connectivity index (χ4v) is 3.76. The first kappa shape index (κ1) is 23.8. The molecule has 8 heteroatoms. The van der Waals surface area contributed by atoms with Crippen molar-refractivity contribution in [1.82, 2.24) is 0 Å². The molecule has 1 unspecified atom stereocenters. The molecule has 2 aromatic rings. The normalized spacial score (nSPS) is 12.3. The predicted octanol–water partition coefficient (Wildman–Crippen LogP) is 6.34. The van der Waals surface area contributed by atoms with Gasteiger partial charge in [0.1, 0.15) is 0 Å². The molecule has 0 bridgehead atoms. The molecule has 0 aromatic heterocycles. The molecule has 30 heavy (non-hydrogen) atoms. The van der Waals surface area contributed by atoms with Crippen LogP contribution < -0.4 is 10.6 Å². The number of anilines is 2. The number of rotatable bonds is 9. The number of halogens is 3. The highest BCUT2D eigenvalue weighted by Crippen LogP contribution is 2.35. The molecule has 2 rings (SSSR count). The van der Waals surface area contributed by atoms with Crippen molar-refractivity contribution in [2.24, 2.45) is 0 Å². The molecule has 0 spiro atoms. The second-order valence-electron chi connectivity index (χ2n) is 6.73. The highest BCUT2D eigenvalue weighted by atomic mass is 32.2. The van der Waals surface area contributed by atoms with E-state index in [4.69, 9.17) is 0 Å². The molecule has 2 aromatic carbocycles. The molecule has 162 valence electrons. The van der Waals surface area contributed by atoms with Crippen molar-refractivity contribution < 1.29 is 22.8 Å². The summed E-state index contributed by atoms with van der Waals surface area (Å²) in [5.41, 5.74) is -0.514. The van der Waals surface area contributed by atoms with Crippen LogP contribution in [0, 0.1) is 0 Å². The fraction of sp³-hybridized carbons (Fsp3) is 0.364. The first-order chi connectivity index (χ1) is 14.2. The number of hydrogen-bond donors (Lipinski definition) is 2. The van der Waals surface area contributed by atoms with E-state index in [-0.39, 0.29) is 11.6 Å². The maximum atomic E-state index is 13.2. The van der Waals surface area contributed by atoms with E-state index < -0.39 is 22.9 Å². The molecule has 0 aliphatic heterocycles. The second kappa shape index (κ2) is 11.1. The van der Waals surface area contributed by atoms with E-state index in [0.29, 0.717) is 18.5 Å². The number of carbonyl (C=O) groups is 2. The van der Waals surface area contributed by atoms with Gasteiger partial charge in [-0.25, -0.2) is 0 Å². The number of unbranched alkanes of at least 4 members (excludes halogenated alkanes) is 1. The highest BCUT2D eigenvalue weighted by Gasteiger charge is 2.34. The zero-order chi connectivity index (χ0) is 22.1. The third-order valence-electron chi connectivity index (χ3n) is 4.31. The maximum Gasteiger partial charge on any atom is 0.418 e. The van der Waals surface area contributed by atoms with E-state index in [0.717, 1.165) is 23.8 Å². The van der Waals surface area contributed by atoms with Gasteiger partial charge in [0.05, 0.1) is 16.5 Å². The van der Waals surface area contributed by atoms with E-state index in [1.165, 1.54) is 30.0 Å². The third kappa shape index (κ3) is 7.09. The Bertz CT molecular complexity index is 871. The van der Waals surface area contributed by atoms with Gasteiger partial charge in [-0.3, -0.25) is 9.59 Å². The van der Waals surface area contributed by atoms with Gasteiger partial charge in [0.25, 0.3) is 0 Å². The number of benzene rings is 2. The topological polar surface area (TPSA) is 58.2 Å². The summed E-state index contributed by atoms with van der Waals surface area (Å²) < 4.78 is 39.5. The molecule has 0 aliphatic rings. The van der Waals surface area contributed by atoms with Crippen LogP contribution in [0.25, 0.3) is 0 Å². The minimum Gasteiger partial charge on any atom is -0.326 e. The zero-order valence-electron chi connectivity index (χ0n) is 16.9. The van der Waals surface area contributed by atoms with E-state index in [1.807, 2.05) is 6.92 Å². The summed E-state index contributed by atoms with van der Waals surface area (Å²) in [7, 11) is 0. The highest BCUT2D eigenvalue weighted by molar-refractivity contribution is 8.00. The van der Waals surface area contributed by atoms with Crippen molar-refractivity contribution in [2.45, 2.75) is 55.9 Å². The van der Waals surface area contributed by atoms with Crippen LogP contribution in [0.15, 0.2) is 53.4 Å². The summed E-state index contributed by atoms with van der Waals surface area (Å²) in [6.45, 7) is 3.80. The molecule has 0 saturated carbocycles. The van der Waals surface area contributed by atoms with E-state index in [1.54, 1.807) is 31.2 Å². The number of nitrogens with one attached hydrogen (secondary N) is 2. The van der Waals surface area contributed by atoms with Crippen LogP contribution in [-0.4, -0.2) is 17.1 Å². The molecule has 0 fully saturated rings. The Balaban J connectivity index is 2.08. The van der Waals surface area contributed by atoms with Gasteiger partial charge in [-0.05, 0) is 43.2 Å². The monoisotopic (exact) mass is 438 g/mol. The molecular weight excluding hydrogens is 413 g/mol. The molecule has 2 amide bonds. The lowest BCUT2D eigenvalue weighted by atomic mass is 10.1. The van der Waals surface area contributed by atoms with Crippen LogP contribution in [0.1, 0.15) is 45.1 Å². The Morgan fingerprint density at radius 3 is 2.43 bits per heavy atom. The third-order valence-corrected chi connectivity index (χ3v) is 5.67. The summed E-state index contributed by atoms with van der Waals surface area (Å²) in [6.07, 6.45) is -1.96. The Labute approximate surface area is 178 Å². The predicted molar refractivity (Wildman–Crippen MR) is 115 cm³/mol. The van der Waals surface area contributed by atoms with Crippen molar-refractivity contribution in [3.05, 3.63) is 54.1 Å². The number of alkyl halides is 3. The van der Waals surface area contributed by atoms with Gasteiger partial charge in [0, 0.05) is 17.0 Å². The van der Waals surface area contributed by atoms with Gasteiger partial charge in [-0.1, -0.05) is 38.5 Å². The molecule has 2 N–H and O–H groups in total. The minimum absolute atomic E-state index is 0.0763. The first-order valence-electron chi connectivity index (χ1n) is 9.78. The van der Waals surface area contributed by atoms with Crippen LogP contribution in [0.4, 0.5) is 24.5 Å². The standard InChI is InChI=1S/C22H25F3N2O2S/c1-3-5-13-20(28)26-15-9-8-10-16(14-15)30-19(4-2)21(29)27-18-12-7-6-11-17(18)22(23,24)25/h6-12,14,19H,3-5,13H2,1-2H3,(H,26,28)(H,27,29). The summed E-state index contributed by atoms with van der Waals surface area (Å²) in [4.78, 5) is 25.3. The smallest absolute Gasteiger partial charge is 0.326 e. The second-order valence-corrected chi connectivity index (χ2v) is 8.00. The number of hydrogen-bond acceptors (Lipinski definition) is 3. The van der Waals surface area contributed by atoms with Crippen molar-refractivity contribution in [1.29, 1.82) is 0 Å². The van der Waals surface area contributed by atoms with Crippen LogP contribution in [0.5, 0.6) is 0 Å². The number of para-hydroxylation sites is 1. The number of amides is 2. The van der Waals surface area contributed by atoms with Crippen molar-refractivity contribution in [2.75, 3.05) is 10.6 Å². The lowest BCUT2D eigenvalue weighted by Crippen LogP contribution is -2.26. The van der Waals surface area contributed by atoms with E-state index in [2.05, 4.69) is 10.6 Å². The van der Waals surface area contributed by atoms with Crippen molar-refractivity contribution in [3.8, 4) is 0 Å². The molecule has 0 heterocycles. The van der Waals surface area contributed by atoms with Crippen molar-refractivity contribution in [3.63, 3.8) is 0 Å². The van der Waals surface area contributed by atoms with Gasteiger partial charge in [-0.15, -0.1) is 11.8 Å². The molecule has 1 atom stereocenters. The summed E-state index contributed by atoms with van der Waals surface area (Å²) >= 11 is 1.24. The van der Waals surface area contributed by atoms with Gasteiger partial charge in [0.15, 0.2) is 0 Å². The number of carbonyl (C=O) groups excluding carboxylic acids is 2. The molecule has 0 aliphatic carbocycles. The van der Waals surface area contributed by atoms with Crippen LogP contribution >= 0.6 is 11.8 Å². The number of thioether (sulfide) groups is 1. The first-order valence-corrected chi connectivity index (χ1v) is 10.7. The lowest BCUT2D eigenvalue weighted by Gasteiger charge is -2.18. The molecule has 0 radical (unpaired) electrons. The lowest BCUT2D eigenvalue weighted by molar-refractivity contribution is -0.137. The fourth-order valence-electron chi connectivity index (χ4n) is 2.75.